The molecule has 188 valence electrons. The number of hydrogen-bond donors (Lipinski definition) is 1. The lowest BCUT2D eigenvalue weighted by Crippen LogP contribution is -2.33. The van der Waals surface area contributed by atoms with Crippen LogP contribution in [-0.4, -0.2) is 44.1 Å². The van der Waals surface area contributed by atoms with Gasteiger partial charge in [0.1, 0.15) is 11.4 Å². The van der Waals surface area contributed by atoms with Crippen molar-refractivity contribution < 1.29 is 9.90 Å². The average Bonchev–Trinajstić information content (AvgIpc) is 3.67. The van der Waals surface area contributed by atoms with Crippen LogP contribution in [-0.2, 0) is 0 Å². The highest BCUT2D eigenvalue weighted by Crippen LogP contribution is 2.42. The average molecular weight is 534 g/mol. The molecule has 0 radical (unpaired) electrons. The van der Waals surface area contributed by atoms with Crippen molar-refractivity contribution in [2.24, 2.45) is 5.92 Å². The number of aromatic carboxylic acids is 1. The largest absolute Gasteiger partial charge is 0.477 e. The van der Waals surface area contributed by atoms with Crippen LogP contribution in [0.5, 0.6) is 0 Å². The van der Waals surface area contributed by atoms with Crippen molar-refractivity contribution in [2.75, 3.05) is 18.0 Å². The number of rotatable bonds is 6. The molecule has 0 unspecified atom stereocenters. The van der Waals surface area contributed by atoms with Crippen molar-refractivity contribution in [2.45, 2.75) is 31.6 Å². The van der Waals surface area contributed by atoms with Crippen LogP contribution in [0.25, 0.3) is 22.7 Å². The zero-order chi connectivity index (χ0) is 25.5. The van der Waals surface area contributed by atoms with E-state index in [1.165, 1.54) is 0 Å². The highest BCUT2D eigenvalue weighted by atomic mass is 35.5. The third-order valence-electron chi connectivity index (χ3n) is 7.17. The van der Waals surface area contributed by atoms with Gasteiger partial charge in [-0.3, -0.25) is 0 Å². The molecule has 1 aliphatic heterocycles. The number of benzene rings is 2. The minimum absolute atomic E-state index is 0.0612. The number of halogens is 2. The van der Waals surface area contributed by atoms with Crippen LogP contribution in [0.1, 0.15) is 53.5 Å². The molecule has 9 heteroatoms. The third-order valence-corrected chi connectivity index (χ3v) is 7.78. The monoisotopic (exact) mass is 533 g/mol. The molecule has 1 saturated carbocycles. The second kappa shape index (κ2) is 9.80. The fourth-order valence-corrected chi connectivity index (χ4v) is 5.52. The molecule has 0 bridgehead atoms. The second-order valence-electron chi connectivity index (χ2n) is 9.68. The molecule has 3 heterocycles. The Hall–Kier alpha value is -3.42. The van der Waals surface area contributed by atoms with Crippen molar-refractivity contribution >= 4 is 51.8 Å². The molecule has 1 N–H and O–H groups in total. The molecule has 2 aromatic heterocycles. The van der Waals surface area contributed by atoms with Gasteiger partial charge < -0.3 is 10.0 Å². The molecule has 0 atom stereocenters. The van der Waals surface area contributed by atoms with Crippen molar-refractivity contribution in [3.05, 3.63) is 81.7 Å². The smallest absolute Gasteiger partial charge is 0.354 e. The summed E-state index contributed by atoms with van der Waals surface area (Å²) in [5.41, 5.74) is 4.53. The molecule has 2 aliphatic rings. The number of carboxylic acids is 1. The number of pyridine rings is 1. The molecular formula is C28H25Cl2N5O2. The normalized spacial score (nSPS) is 16.6. The highest BCUT2D eigenvalue weighted by Gasteiger charge is 2.31. The number of anilines is 1. The molecule has 4 aromatic rings. The minimum Gasteiger partial charge on any atom is -0.477 e. The summed E-state index contributed by atoms with van der Waals surface area (Å²) in [4.78, 5) is 17.8. The van der Waals surface area contributed by atoms with Gasteiger partial charge in [0.05, 0.1) is 26.9 Å². The number of nitrogens with zero attached hydrogens (tertiary/aromatic N) is 5. The Labute approximate surface area is 224 Å². The van der Waals surface area contributed by atoms with Crippen molar-refractivity contribution in [3.63, 3.8) is 0 Å². The van der Waals surface area contributed by atoms with Crippen LogP contribution < -0.4 is 4.90 Å². The van der Waals surface area contributed by atoms with E-state index < -0.39 is 5.97 Å². The van der Waals surface area contributed by atoms with E-state index in [-0.39, 0.29) is 5.69 Å². The van der Waals surface area contributed by atoms with Crippen LogP contribution >= 0.6 is 23.2 Å². The van der Waals surface area contributed by atoms with Crippen LogP contribution in [0.3, 0.4) is 0 Å². The fraction of sp³-hybridized carbons (Fsp3) is 0.286. The van der Waals surface area contributed by atoms with Crippen LogP contribution in [0, 0.1) is 5.92 Å². The molecule has 1 aliphatic carbocycles. The summed E-state index contributed by atoms with van der Waals surface area (Å²) in [5, 5.41) is 20.1. The summed E-state index contributed by atoms with van der Waals surface area (Å²) in [6.07, 6.45) is 8.74. The predicted molar refractivity (Wildman–Crippen MR) is 146 cm³/mol. The first-order valence-electron chi connectivity index (χ1n) is 12.4. The number of hydrogen-bond acceptors (Lipinski definition) is 5. The Bertz CT molecular complexity index is 1500. The van der Waals surface area contributed by atoms with E-state index in [2.05, 4.69) is 38.4 Å². The number of carboxylic acid groups (broad SMARTS) is 1. The molecule has 37 heavy (non-hydrogen) atoms. The van der Waals surface area contributed by atoms with Gasteiger partial charge in [0.25, 0.3) is 0 Å². The molecule has 7 nitrogen and oxygen atoms in total. The quantitative estimate of drug-likeness (QED) is 0.299. The Morgan fingerprint density at radius 3 is 2.46 bits per heavy atom. The first kappa shape index (κ1) is 23.9. The first-order valence-corrected chi connectivity index (χ1v) is 13.2. The lowest BCUT2D eigenvalue weighted by Gasteiger charge is -2.32. The lowest BCUT2D eigenvalue weighted by atomic mass is 9.95. The maximum absolute atomic E-state index is 11.2. The van der Waals surface area contributed by atoms with Gasteiger partial charge in [-0.15, -0.1) is 5.10 Å². The Balaban J connectivity index is 1.18. The summed E-state index contributed by atoms with van der Waals surface area (Å²) in [6.45, 7) is 1.87. The van der Waals surface area contributed by atoms with E-state index >= 15 is 0 Å². The van der Waals surface area contributed by atoms with E-state index in [1.54, 1.807) is 10.7 Å². The molecule has 0 amide bonds. The van der Waals surface area contributed by atoms with Gasteiger partial charge in [0.15, 0.2) is 0 Å². The van der Waals surface area contributed by atoms with E-state index in [9.17, 15) is 9.90 Å². The van der Waals surface area contributed by atoms with Crippen LogP contribution in [0.15, 0.2) is 54.6 Å². The third kappa shape index (κ3) is 4.81. The summed E-state index contributed by atoms with van der Waals surface area (Å²) in [6, 6.07) is 14.9. The van der Waals surface area contributed by atoms with E-state index in [0.717, 1.165) is 61.2 Å². The molecule has 1 saturated heterocycles. The molecule has 6 rings (SSSR count). The van der Waals surface area contributed by atoms with Gasteiger partial charge in [0.2, 0.25) is 0 Å². The maximum atomic E-state index is 11.2. The lowest BCUT2D eigenvalue weighted by molar-refractivity contribution is 0.0691. The summed E-state index contributed by atoms with van der Waals surface area (Å²) >= 11 is 13.0. The van der Waals surface area contributed by atoms with Gasteiger partial charge in [0, 0.05) is 30.1 Å². The van der Waals surface area contributed by atoms with Crippen molar-refractivity contribution in [3.8, 4) is 5.69 Å². The van der Waals surface area contributed by atoms with Crippen LogP contribution in [0.4, 0.5) is 5.69 Å². The van der Waals surface area contributed by atoms with Crippen molar-refractivity contribution in [1.29, 1.82) is 0 Å². The highest BCUT2D eigenvalue weighted by molar-refractivity contribution is 6.37. The number of carbonyl (C=O) groups is 1. The number of fused-ring (bicyclic) bond motifs is 1. The van der Waals surface area contributed by atoms with Gasteiger partial charge >= 0.3 is 5.97 Å². The summed E-state index contributed by atoms with van der Waals surface area (Å²) < 4.78 is 1.78. The van der Waals surface area contributed by atoms with Crippen LogP contribution in [0.2, 0.25) is 10.0 Å². The van der Waals surface area contributed by atoms with Gasteiger partial charge in [-0.05, 0) is 74.1 Å². The number of allylic oxidation sites excluding steroid dienone is 1. The Morgan fingerprint density at radius 1 is 1.00 bits per heavy atom. The standard InChI is InChI=1S/C28H25Cl2N5O2/c29-21-2-1-3-22(30)27(21)35-25(26(32-33-35)18-5-6-18)11-4-17-12-14-34(15-13-17)20-8-10-23-19(16-20)7-9-24(31-23)28(36)37/h1-4,7-11,16-18H,5-6,12-15H2,(H,36,37)/b11-4+. The number of para-hydroxylation sites is 1. The Morgan fingerprint density at radius 2 is 1.76 bits per heavy atom. The second-order valence-corrected chi connectivity index (χ2v) is 10.5. The molecular weight excluding hydrogens is 509 g/mol. The van der Waals surface area contributed by atoms with Gasteiger partial charge in [-0.1, -0.05) is 46.6 Å². The SMILES string of the molecule is O=C(O)c1ccc2cc(N3CCC(/C=C/c4c(C5CC5)nnn4-c4c(Cl)cccc4Cl)CC3)ccc2n1. The molecule has 2 aromatic carbocycles. The van der Waals surface area contributed by atoms with E-state index in [1.807, 2.05) is 36.4 Å². The number of aromatic nitrogens is 4. The maximum Gasteiger partial charge on any atom is 0.354 e. The van der Waals surface area contributed by atoms with E-state index in [0.29, 0.717) is 33.1 Å². The van der Waals surface area contributed by atoms with Gasteiger partial charge in [-0.2, -0.15) is 0 Å². The van der Waals surface area contributed by atoms with E-state index in [4.69, 9.17) is 23.2 Å². The minimum atomic E-state index is -1.01. The van der Waals surface area contributed by atoms with Gasteiger partial charge in [-0.25, -0.2) is 14.5 Å². The molecule has 0 spiro atoms. The first-order chi connectivity index (χ1) is 18.0. The topological polar surface area (TPSA) is 84.1 Å². The zero-order valence-corrected chi connectivity index (χ0v) is 21.5. The fourth-order valence-electron chi connectivity index (χ4n) is 4.97. The number of piperidine rings is 1. The molecule has 2 fully saturated rings. The Kier molecular flexibility index (Phi) is 6.34. The predicted octanol–water partition coefficient (Wildman–Crippen LogP) is 6.63. The zero-order valence-electron chi connectivity index (χ0n) is 20.0. The summed E-state index contributed by atoms with van der Waals surface area (Å²) in [7, 11) is 0. The van der Waals surface area contributed by atoms with Crippen molar-refractivity contribution in [1.82, 2.24) is 20.0 Å². The summed E-state index contributed by atoms with van der Waals surface area (Å²) in [5.74, 6) is -0.127.